The smallest absolute Gasteiger partial charge is 0.0669 e. The maximum atomic E-state index is 4.87. The molecule has 3 rings (SSSR count). The molecule has 14 heavy (non-hydrogen) atoms. The van der Waals surface area contributed by atoms with Crippen molar-refractivity contribution in [2.24, 2.45) is 16.8 Å². The number of rotatable bonds is 0. The van der Waals surface area contributed by atoms with Crippen LogP contribution in [0.25, 0.3) is 0 Å². The summed E-state index contributed by atoms with van der Waals surface area (Å²) >= 11 is 0. The summed E-state index contributed by atoms with van der Waals surface area (Å²) < 4.78 is 0. The van der Waals surface area contributed by atoms with Gasteiger partial charge in [0.15, 0.2) is 0 Å². The van der Waals surface area contributed by atoms with Crippen LogP contribution in [-0.2, 0) is 0 Å². The van der Waals surface area contributed by atoms with Crippen LogP contribution in [-0.4, -0.2) is 11.8 Å². The molecule has 0 aromatic heterocycles. The van der Waals surface area contributed by atoms with Crippen LogP contribution < -0.4 is 5.32 Å². The van der Waals surface area contributed by atoms with E-state index in [0.717, 1.165) is 5.92 Å². The lowest BCUT2D eigenvalue weighted by Crippen LogP contribution is -2.38. The van der Waals surface area contributed by atoms with Crippen LogP contribution in [0.1, 0.15) is 39.5 Å². The first-order valence-corrected chi connectivity index (χ1v) is 5.82. The zero-order valence-corrected chi connectivity index (χ0v) is 9.01. The van der Waals surface area contributed by atoms with Crippen LogP contribution in [0.3, 0.4) is 0 Å². The monoisotopic (exact) mass is 190 g/mol. The quantitative estimate of drug-likeness (QED) is 0.623. The normalized spacial score (nSPS) is 40.4. The number of hydrogen-bond acceptors (Lipinski definition) is 2. The molecule has 0 amide bonds. The molecule has 3 atom stereocenters. The molecule has 0 bridgehead atoms. The maximum Gasteiger partial charge on any atom is 0.0669 e. The van der Waals surface area contributed by atoms with E-state index in [0.29, 0.717) is 12.0 Å². The Labute approximate surface area is 85.5 Å². The molecule has 0 radical (unpaired) electrons. The van der Waals surface area contributed by atoms with Gasteiger partial charge in [0.05, 0.1) is 11.7 Å². The topological polar surface area (TPSA) is 24.4 Å². The molecular formula is C12H18N2. The number of fused-ring (bicyclic) bond motifs is 1. The lowest BCUT2D eigenvalue weighted by molar-refractivity contribution is 0.499. The molecule has 1 saturated carbocycles. The summed E-state index contributed by atoms with van der Waals surface area (Å²) in [5.74, 6) is 1.46. The standard InChI is InChI=1S/C12H18N2/c1-7-3-5-9-11(7)13-10-6-4-8(2)12(10)14-9/h7-8,11,13H,3-6H2,1-2H3. The molecule has 1 heterocycles. The van der Waals surface area contributed by atoms with Crippen molar-refractivity contribution in [3.8, 4) is 0 Å². The van der Waals surface area contributed by atoms with Gasteiger partial charge in [-0.15, -0.1) is 0 Å². The Kier molecular flexibility index (Phi) is 1.73. The Balaban J connectivity index is 1.95. The van der Waals surface area contributed by atoms with E-state index in [9.17, 15) is 0 Å². The van der Waals surface area contributed by atoms with E-state index >= 15 is 0 Å². The highest BCUT2D eigenvalue weighted by atomic mass is 15.0. The number of nitrogens with one attached hydrogen (secondary N) is 1. The van der Waals surface area contributed by atoms with E-state index in [1.807, 2.05) is 0 Å². The first-order chi connectivity index (χ1) is 6.75. The van der Waals surface area contributed by atoms with Crippen molar-refractivity contribution in [2.75, 3.05) is 0 Å². The van der Waals surface area contributed by atoms with Gasteiger partial charge in [-0.3, -0.25) is 4.99 Å². The Morgan fingerprint density at radius 1 is 1.21 bits per heavy atom. The van der Waals surface area contributed by atoms with E-state index in [4.69, 9.17) is 4.99 Å². The fourth-order valence-corrected chi connectivity index (χ4v) is 2.97. The average Bonchev–Trinajstić information content (AvgIpc) is 2.71. The predicted octanol–water partition coefficient (Wildman–Crippen LogP) is 2.47. The molecule has 0 aromatic rings. The van der Waals surface area contributed by atoms with Gasteiger partial charge in [-0.25, -0.2) is 0 Å². The number of nitrogens with zero attached hydrogens (tertiary/aromatic N) is 1. The second kappa shape index (κ2) is 2.85. The molecule has 2 aliphatic carbocycles. The average molecular weight is 190 g/mol. The van der Waals surface area contributed by atoms with Crippen molar-refractivity contribution in [1.29, 1.82) is 0 Å². The van der Waals surface area contributed by atoms with Crippen LogP contribution in [0, 0.1) is 11.8 Å². The second-order valence-electron chi connectivity index (χ2n) is 5.04. The van der Waals surface area contributed by atoms with Crippen LogP contribution in [0.4, 0.5) is 0 Å². The molecule has 0 spiro atoms. The van der Waals surface area contributed by atoms with Gasteiger partial charge >= 0.3 is 0 Å². The summed E-state index contributed by atoms with van der Waals surface area (Å²) in [5, 5.41) is 3.71. The van der Waals surface area contributed by atoms with Crippen LogP contribution in [0.15, 0.2) is 16.4 Å². The summed E-state index contributed by atoms with van der Waals surface area (Å²) in [6.07, 6.45) is 5.03. The summed E-state index contributed by atoms with van der Waals surface area (Å²) in [5.41, 5.74) is 4.23. The zero-order valence-electron chi connectivity index (χ0n) is 9.01. The fraction of sp³-hybridized carbons (Fsp3) is 0.750. The van der Waals surface area contributed by atoms with Crippen LogP contribution >= 0.6 is 0 Å². The molecule has 1 fully saturated rings. The third-order valence-electron chi connectivity index (χ3n) is 3.98. The van der Waals surface area contributed by atoms with Gasteiger partial charge in [-0.05, 0) is 31.6 Å². The van der Waals surface area contributed by atoms with Gasteiger partial charge in [0.2, 0.25) is 0 Å². The van der Waals surface area contributed by atoms with Gasteiger partial charge < -0.3 is 5.32 Å². The molecule has 0 saturated heterocycles. The van der Waals surface area contributed by atoms with E-state index in [2.05, 4.69) is 19.2 Å². The molecule has 3 unspecified atom stereocenters. The third-order valence-corrected chi connectivity index (χ3v) is 3.98. The molecule has 2 nitrogen and oxygen atoms in total. The zero-order chi connectivity index (χ0) is 9.71. The SMILES string of the molecule is CC1CCC2=C1N=C1CCC(C)C1N2. The van der Waals surface area contributed by atoms with Crippen molar-refractivity contribution in [2.45, 2.75) is 45.6 Å². The Hall–Kier alpha value is -0.790. The fourth-order valence-electron chi connectivity index (χ4n) is 2.97. The molecule has 3 aliphatic rings. The largest absolute Gasteiger partial charge is 0.379 e. The van der Waals surface area contributed by atoms with E-state index in [-0.39, 0.29) is 0 Å². The first-order valence-electron chi connectivity index (χ1n) is 5.82. The highest BCUT2D eigenvalue weighted by molar-refractivity contribution is 5.93. The molecule has 0 aromatic carbocycles. The van der Waals surface area contributed by atoms with Crippen molar-refractivity contribution >= 4 is 5.71 Å². The Bertz CT molecular complexity index is 327. The summed E-state index contributed by atoms with van der Waals surface area (Å²) in [4.78, 5) is 4.87. The summed E-state index contributed by atoms with van der Waals surface area (Å²) in [6, 6.07) is 0.569. The van der Waals surface area contributed by atoms with Crippen LogP contribution in [0.5, 0.6) is 0 Å². The van der Waals surface area contributed by atoms with Crippen molar-refractivity contribution < 1.29 is 0 Å². The number of hydrogen-bond donors (Lipinski definition) is 1. The number of aliphatic imine (C=N–C) groups is 1. The van der Waals surface area contributed by atoms with Gasteiger partial charge in [0.1, 0.15) is 0 Å². The highest BCUT2D eigenvalue weighted by Gasteiger charge is 2.36. The lowest BCUT2D eigenvalue weighted by Gasteiger charge is -2.25. The van der Waals surface area contributed by atoms with Crippen molar-refractivity contribution in [3.05, 3.63) is 11.4 Å². The van der Waals surface area contributed by atoms with Crippen molar-refractivity contribution in [3.63, 3.8) is 0 Å². The Morgan fingerprint density at radius 2 is 2.07 bits per heavy atom. The van der Waals surface area contributed by atoms with Crippen molar-refractivity contribution in [1.82, 2.24) is 5.32 Å². The van der Waals surface area contributed by atoms with Crippen LogP contribution in [0.2, 0.25) is 0 Å². The van der Waals surface area contributed by atoms with E-state index in [1.165, 1.54) is 42.8 Å². The first kappa shape index (κ1) is 8.51. The van der Waals surface area contributed by atoms with Gasteiger partial charge in [0.25, 0.3) is 0 Å². The highest BCUT2D eigenvalue weighted by Crippen LogP contribution is 2.37. The molecule has 1 N–H and O–H groups in total. The molecule has 2 heteroatoms. The van der Waals surface area contributed by atoms with Gasteiger partial charge in [0, 0.05) is 17.3 Å². The molecular weight excluding hydrogens is 172 g/mol. The van der Waals surface area contributed by atoms with E-state index in [1.54, 1.807) is 0 Å². The maximum absolute atomic E-state index is 4.87. The summed E-state index contributed by atoms with van der Waals surface area (Å²) in [7, 11) is 0. The Morgan fingerprint density at radius 3 is 2.93 bits per heavy atom. The number of allylic oxidation sites excluding steroid dienone is 2. The van der Waals surface area contributed by atoms with Gasteiger partial charge in [-0.1, -0.05) is 13.8 Å². The van der Waals surface area contributed by atoms with E-state index < -0.39 is 0 Å². The minimum absolute atomic E-state index is 0.569. The summed E-state index contributed by atoms with van der Waals surface area (Å²) in [6.45, 7) is 4.64. The molecule has 76 valence electrons. The van der Waals surface area contributed by atoms with Gasteiger partial charge in [-0.2, -0.15) is 0 Å². The molecule has 1 aliphatic heterocycles. The second-order valence-corrected chi connectivity index (χ2v) is 5.04. The minimum atomic E-state index is 0.569. The minimum Gasteiger partial charge on any atom is -0.379 e. The lowest BCUT2D eigenvalue weighted by atomic mass is 10.0. The third kappa shape index (κ3) is 1.06. The predicted molar refractivity (Wildman–Crippen MR) is 58.2 cm³/mol.